The fourth-order valence-corrected chi connectivity index (χ4v) is 3.18. The average molecular weight is 270 g/mol. The van der Waals surface area contributed by atoms with Gasteiger partial charge in [0.25, 0.3) is 0 Å². The van der Waals surface area contributed by atoms with Crippen LogP contribution in [-0.2, 0) is 0 Å². The third kappa shape index (κ3) is 2.09. The highest BCUT2D eigenvalue weighted by atomic mass is 32.1. The second-order valence-corrected chi connectivity index (χ2v) is 5.49. The van der Waals surface area contributed by atoms with E-state index >= 15 is 0 Å². The van der Waals surface area contributed by atoms with Gasteiger partial charge in [0.2, 0.25) is 0 Å². The zero-order valence-corrected chi connectivity index (χ0v) is 11.3. The molecular weight excluding hydrogens is 256 g/mol. The van der Waals surface area contributed by atoms with Crippen LogP contribution in [0.15, 0.2) is 41.9 Å². The SMILES string of the molecule is Cc1cnc(N)c(C(O)c2csc3ccccc23)c1. The summed E-state index contributed by atoms with van der Waals surface area (Å²) in [6, 6.07) is 9.93. The maximum atomic E-state index is 10.6. The molecule has 0 aliphatic rings. The Morgan fingerprint density at radius 3 is 2.89 bits per heavy atom. The fourth-order valence-electron chi connectivity index (χ4n) is 2.20. The van der Waals surface area contributed by atoms with Gasteiger partial charge < -0.3 is 10.8 Å². The molecule has 0 bridgehead atoms. The molecule has 0 aliphatic carbocycles. The molecule has 1 aromatic carbocycles. The van der Waals surface area contributed by atoms with Crippen molar-refractivity contribution in [2.75, 3.05) is 5.73 Å². The lowest BCUT2D eigenvalue weighted by Gasteiger charge is -2.13. The van der Waals surface area contributed by atoms with Gasteiger partial charge in [-0.1, -0.05) is 18.2 Å². The minimum atomic E-state index is -0.733. The van der Waals surface area contributed by atoms with Crippen LogP contribution in [0.25, 0.3) is 10.1 Å². The molecule has 96 valence electrons. The van der Waals surface area contributed by atoms with Gasteiger partial charge in [-0.25, -0.2) is 4.98 Å². The highest BCUT2D eigenvalue weighted by Crippen LogP contribution is 2.34. The van der Waals surface area contributed by atoms with Gasteiger partial charge in [0.15, 0.2) is 0 Å². The predicted octanol–water partition coefficient (Wildman–Crippen LogP) is 3.27. The fraction of sp³-hybridized carbons (Fsp3) is 0.133. The van der Waals surface area contributed by atoms with Crippen LogP contribution in [0.4, 0.5) is 5.82 Å². The quantitative estimate of drug-likeness (QED) is 0.751. The standard InChI is InChI=1S/C15H14N2OS/c1-9-6-11(15(16)17-7-9)14(18)12-8-19-13-5-3-2-4-10(12)13/h2-8,14,18H,1H3,(H2,16,17). The van der Waals surface area contributed by atoms with E-state index in [2.05, 4.69) is 4.98 Å². The maximum Gasteiger partial charge on any atom is 0.129 e. The number of benzene rings is 1. The van der Waals surface area contributed by atoms with Crippen LogP contribution in [-0.4, -0.2) is 10.1 Å². The molecular formula is C15H14N2OS. The number of nitrogen functional groups attached to an aromatic ring is 1. The molecule has 3 rings (SSSR count). The van der Waals surface area contributed by atoms with E-state index in [1.54, 1.807) is 17.5 Å². The molecule has 0 radical (unpaired) electrons. The van der Waals surface area contributed by atoms with Crippen LogP contribution in [0.3, 0.4) is 0 Å². The van der Waals surface area contributed by atoms with Gasteiger partial charge in [0.1, 0.15) is 11.9 Å². The average Bonchev–Trinajstić information content (AvgIpc) is 2.84. The first-order valence-corrected chi connectivity index (χ1v) is 6.91. The zero-order chi connectivity index (χ0) is 13.4. The first-order valence-electron chi connectivity index (χ1n) is 6.03. The second-order valence-electron chi connectivity index (χ2n) is 4.58. The maximum absolute atomic E-state index is 10.6. The summed E-state index contributed by atoms with van der Waals surface area (Å²) >= 11 is 1.63. The number of anilines is 1. The van der Waals surface area contributed by atoms with Crippen molar-refractivity contribution in [2.45, 2.75) is 13.0 Å². The van der Waals surface area contributed by atoms with Gasteiger partial charge in [0.05, 0.1) is 0 Å². The number of aryl methyl sites for hydroxylation is 1. The van der Waals surface area contributed by atoms with Crippen molar-refractivity contribution in [2.24, 2.45) is 0 Å². The Morgan fingerprint density at radius 2 is 2.05 bits per heavy atom. The first-order chi connectivity index (χ1) is 9.16. The van der Waals surface area contributed by atoms with Crippen molar-refractivity contribution >= 4 is 27.2 Å². The van der Waals surface area contributed by atoms with Gasteiger partial charge in [0, 0.05) is 22.0 Å². The summed E-state index contributed by atoms with van der Waals surface area (Å²) in [4.78, 5) is 4.11. The largest absolute Gasteiger partial charge is 0.383 e. The summed E-state index contributed by atoms with van der Waals surface area (Å²) in [5, 5.41) is 13.6. The number of nitrogens with two attached hydrogens (primary N) is 1. The number of nitrogens with zero attached hydrogens (tertiary/aromatic N) is 1. The number of aliphatic hydroxyl groups is 1. The molecule has 0 amide bonds. The molecule has 3 N–H and O–H groups in total. The lowest BCUT2D eigenvalue weighted by atomic mass is 10.0. The van der Waals surface area contributed by atoms with E-state index in [9.17, 15) is 5.11 Å². The summed E-state index contributed by atoms with van der Waals surface area (Å²) in [5.74, 6) is 0.383. The summed E-state index contributed by atoms with van der Waals surface area (Å²) in [5.41, 5.74) is 8.42. The summed E-state index contributed by atoms with van der Waals surface area (Å²) in [7, 11) is 0. The molecule has 2 heterocycles. The van der Waals surface area contributed by atoms with Gasteiger partial charge in [-0.3, -0.25) is 0 Å². The topological polar surface area (TPSA) is 59.1 Å². The third-order valence-electron chi connectivity index (χ3n) is 3.19. The van der Waals surface area contributed by atoms with Crippen molar-refractivity contribution in [3.05, 3.63) is 58.6 Å². The van der Waals surface area contributed by atoms with Crippen LogP contribution >= 0.6 is 11.3 Å². The van der Waals surface area contributed by atoms with Gasteiger partial charge >= 0.3 is 0 Å². The minimum Gasteiger partial charge on any atom is -0.383 e. The number of aliphatic hydroxyl groups excluding tert-OH is 1. The van der Waals surface area contributed by atoms with E-state index in [1.807, 2.05) is 42.6 Å². The summed E-state index contributed by atoms with van der Waals surface area (Å²) in [6.07, 6.45) is 0.973. The third-order valence-corrected chi connectivity index (χ3v) is 4.17. The summed E-state index contributed by atoms with van der Waals surface area (Å²) < 4.78 is 1.16. The van der Waals surface area contributed by atoms with E-state index in [0.717, 1.165) is 21.2 Å². The molecule has 0 aliphatic heterocycles. The Bertz CT molecular complexity index is 736. The molecule has 3 nitrogen and oxygen atoms in total. The number of thiophene rings is 1. The highest BCUT2D eigenvalue weighted by molar-refractivity contribution is 7.17. The molecule has 1 unspecified atom stereocenters. The molecule has 4 heteroatoms. The van der Waals surface area contributed by atoms with Crippen molar-refractivity contribution in [3.8, 4) is 0 Å². The van der Waals surface area contributed by atoms with Crippen LogP contribution in [0, 0.1) is 6.92 Å². The van der Waals surface area contributed by atoms with Crippen LogP contribution in [0.1, 0.15) is 22.8 Å². The molecule has 0 fully saturated rings. The van der Waals surface area contributed by atoms with Crippen molar-refractivity contribution in [1.29, 1.82) is 0 Å². The first kappa shape index (κ1) is 12.1. The molecule has 0 spiro atoms. The lowest BCUT2D eigenvalue weighted by Crippen LogP contribution is -2.05. The number of hydrogen-bond donors (Lipinski definition) is 2. The van der Waals surface area contributed by atoms with E-state index < -0.39 is 6.10 Å². The number of rotatable bonds is 2. The van der Waals surface area contributed by atoms with E-state index in [-0.39, 0.29) is 0 Å². The Morgan fingerprint density at radius 1 is 1.26 bits per heavy atom. The molecule has 0 saturated carbocycles. The smallest absolute Gasteiger partial charge is 0.129 e. The van der Waals surface area contributed by atoms with E-state index in [4.69, 9.17) is 5.73 Å². The Labute approximate surface area is 115 Å². The Balaban J connectivity index is 2.13. The number of pyridine rings is 1. The Hall–Kier alpha value is -1.91. The van der Waals surface area contributed by atoms with Crippen molar-refractivity contribution in [3.63, 3.8) is 0 Å². The van der Waals surface area contributed by atoms with E-state index in [0.29, 0.717) is 11.4 Å². The number of hydrogen-bond acceptors (Lipinski definition) is 4. The van der Waals surface area contributed by atoms with Crippen LogP contribution < -0.4 is 5.73 Å². The number of fused-ring (bicyclic) bond motifs is 1. The monoisotopic (exact) mass is 270 g/mol. The van der Waals surface area contributed by atoms with Gasteiger partial charge in [-0.15, -0.1) is 11.3 Å². The number of aromatic nitrogens is 1. The van der Waals surface area contributed by atoms with Gasteiger partial charge in [-0.2, -0.15) is 0 Å². The molecule has 19 heavy (non-hydrogen) atoms. The summed E-state index contributed by atoms with van der Waals surface area (Å²) in [6.45, 7) is 1.94. The molecule has 1 atom stereocenters. The molecule has 2 aromatic heterocycles. The normalized spacial score (nSPS) is 12.7. The highest BCUT2D eigenvalue weighted by Gasteiger charge is 2.18. The molecule has 0 saturated heterocycles. The second kappa shape index (κ2) is 4.64. The Kier molecular flexibility index (Phi) is 2.97. The minimum absolute atomic E-state index is 0.383. The van der Waals surface area contributed by atoms with E-state index in [1.165, 1.54) is 0 Å². The van der Waals surface area contributed by atoms with Crippen molar-refractivity contribution in [1.82, 2.24) is 4.98 Å². The lowest BCUT2D eigenvalue weighted by molar-refractivity contribution is 0.222. The van der Waals surface area contributed by atoms with Crippen molar-refractivity contribution < 1.29 is 5.11 Å². The molecule has 3 aromatic rings. The zero-order valence-electron chi connectivity index (χ0n) is 10.5. The predicted molar refractivity (Wildman–Crippen MR) is 79.3 cm³/mol. The van der Waals surface area contributed by atoms with Crippen LogP contribution in [0.5, 0.6) is 0 Å². The van der Waals surface area contributed by atoms with Crippen LogP contribution in [0.2, 0.25) is 0 Å². The van der Waals surface area contributed by atoms with Gasteiger partial charge in [-0.05, 0) is 35.4 Å².